The van der Waals surface area contributed by atoms with Crippen molar-refractivity contribution in [1.82, 2.24) is 9.97 Å². The van der Waals surface area contributed by atoms with Gasteiger partial charge in [0.1, 0.15) is 5.03 Å². The fraction of sp³-hybridized carbons (Fsp3) is 0.538. The predicted octanol–water partition coefficient (Wildman–Crippen LogP) is 3.38. The highest BCUT2D eigenvalue weighted by molar-refractivity contribution is 7.99. The molecule has 0 bridgehead atoms. The first-order valence-electron chi connectivity index (χ1n) is 6.43. The van der Waals surface area contributed by atoms with Gasteiger partial charge in [0.15, 0.2) is 5.16 Å². The Bertz CT molecular complexity index is 597. The highest BCUT2D eigenvalue weighted by Crippen LogP contribution is 2.40. The number of thioether (sulfide) groups is 2. The van der Waals surface area contributed by atoms with Crippen molar-refractivity contribution >= 4 is 45.1 Å². The summed E-state index contributed by atoms with van der Waals surface area (Å²) in [6, 6.07) is 0. The van der Waals surface area contributed by atoms with Crippen LogP contribution in [0.3, 0.4) is 0 Å². The molecule has 3 rings (SSSR count). The van der Waals surface area contributed by atoms with Gasteiger partial charge >= 0.3 is 0 Å². The third-order valence-corrected chi connectivity index (χ3v) is 6.18. The van der Waals surface area contributed by atoms with Gasteiger partial charge in [0.05, 0.1) is 16.8 Å². The van der Waals surface area contributed by atoms with E-state index in [1.54, 1.807) is 23.5 Å². The molecule has 1 N–H and O–H groups in total. The van der Waals surface area contributed by atoms with E-state index in [0.29, 0.717) is 5.75 Å². The van der Waals surface area contributed by atoms with Crippen molar-refractivity contribution in [2.75, 3.05) is 18.6 Å². The first-order valence-corrected chi connectivity index (χ1v) is 9.46. The second-order valence-electron chi connectivity index (χ2n) is 4.48. The quantitative estimate of drug-likeness (QED) is 0.533. The van der Waals surface area contributed by atoms with Crippen molar-refractivity contribution in [1.29, 1.82) is 0 Å². The zero-order valence-corrected chi connectivity index (χ0v) is 13.3. The number of aryl methyl sites for hydroxylation is 2. The number of hydrogen-bond acceptors (Lipinski definition) is 6. The number of nitrogens with zero attached hydrogens (tertiary/aromatic N) is 2. The summed E-state index contributed by atoms with van der Waals surface area (Å²) in [6.07, 6.45) is 6.93. The Hall–Kier alpha value is -0.300. The van der Waals surface area contributed by atoms with E-state index in [2.05, 4.69) is 4.98 Å². The van der Waals surface area contributed by atoms with Gasteiger partial charge in [0.2, 0.25) is 0 Å². The Kier molecular flexibility index (Phi) is 4.31. The van der Waals surface area contributed by atoms with Crippen molar-refractivity contribution in [3.05, 3.63) is 10.4 Å². The summed E-state index contributed by atoms with van der Waals surface area (Å²) in [7, 11) is 0. The van der Waals surface area contributed by atoms with Crippen LogP contribution in [0, 0.1) is 0 Å². The first-order chi connectivity index (χ1) is 9.33. The van der Waals surface area contributed by atoms with Crippen LogP contribution >= 0.6 is 34.9 Å². The van der Waals surface area contributed by atoms with Gasteiger partial charge < -0.3 is 5.11 Å². The molecule has 102 valence electrons. The van der Waals surface area contributed by atoms with Gasteiger partial charge in [-0.05, 0) is 37.5 Å². The molecule has 2 aromatic heterocycles. The number of aliphatic hydroxyl groups is 1. The number of fused-ring (bicyclic) bond motifs is 3. The average Bonchev–Trinajstić information content (AvgIpc) is 2.83. The molecule has 0 unspecified atom stereocenters. The van der Waals surface area contributed by atoms with E-state index in [4.69, 9.17) is 10.1 Å². The van der Waals surface area contributed by atoms with Gasteiger partial charge in [-0.25, -0.2) is 9.97 Å². The molecular formula is C13H16N2OS3. The lowest BCUT2D eigenvalue weighted by Gasteiger charge is -2.09. The normalized spacial score (nSPS) is 14.8. The highest BCUT2D eigenvalue weighted by Gasteiger charge is 2.20. The molecule has 0 spiro atoms. The number of hydrogen-bond donors (Lipinski definition) is 1. The largest absolute Gasteiger partial charge is 0.396 e. The van der Waals surface area contributed by atoms with Crippen LogP contribution in [-0.2, 0) is 12.8 Å². The Morgan fingerprint density at radius 2 is 2.11 bits per heavy atom. The highest BCUT2D eigenvalue weighted by atomic mass is 32.2. The van der Waals surface area contributed by atoms with Crippen LogP contribution in [-0.4, -0.2) is 33.7 Å². The van der Waals surface area contributed by atoms with E-state index in [1.165, 1.54) is 39.9 Å². The summed E-state index contributed by atoms with van der Waals surface area (Å²) in [5.74, 6) is 0.697. The summed E-state index contributed by atoms with van der Waals surface area (Å²) >= 11 is 5.09. The van der Waals surface area contributed by atoms with E-state index < -0.39 is 0 Å². The van der Waals surface area contributed by atoms with E-state index in [1.807, 2.05) is 17.6 Å². The van der Waals surface area contributed by atoms with Gasteiger partial charge in [-0.1, -0.05) is 11.8 Å². The summed E-state index contributed by atoms with van der Waals surface area (Å²) in [5.41, 5.74) is 2.62. The van der Waals surface area contributed by atoms with Crippen LogP contribution in [0.15, 0.2) is 10.2 Å². The van der Waals surface area contributed by atoms with E-state index in [0.717, 1.165) is 16.6 Å². The lowest BCUT2D eigenvalue weighted by molar-refractivity contribution is 0.322. The zero-order valence-electron chi connectivity index (χ0n) is 10.8. The lowest BCUT2D eigenvalue weighted by Crippen LogP contribution is -1.99. The van der Waals surface area contributed by atoms with E-state index >= 15 is 0 Å². The topological polar surface area (TPSA) is 46.0 Å². The van der Waals surface area contributed by atoms with Gasteiger partial charge in [0, 0.05) is 10.6 Å². The van der Waals surface area contributed by atoms with Crippen molar-refractivity contribution < 1.29 is 5.11 Å². The van der Waals surface area contributed by atoms with Gasteiger partial charge in [-0.2, -0.15) is 0 Å². The number of aromatic nitrogens is 2. The van der Waals surface area contributed by atoms with E-state index in [9.17, 15) is 0 Å². The minimum Gasteiger partial charge on any atom is -0.396 e. The smallest absolute Gasteiger partial charge is 0.188 e. The molecule has 0 saturated heterocycles. The van der Waals surface area contributed by atoms with Crippen LogP contribution in [0.5, 0.6) is 0 Å². The Morgan fingerprint density at radius 3 is 2.89 bits per heavy atom. The number of thiophene rings is 1. The third kappa shape index (κ3) is 2.63. The Labute approximate surface area is 125 Å². The fourth-order valence-electron chi connectivity index (χ4n) is 2.40. The second kappa shape index (κ2) is 5.99. The summed E-state index contributed by atoms with van der Waals surface area (Å²) in [5, 5.41) is 10.9. The first kappa shape index (κ1) is 13.7. The number of rotatable bonds is 4. The molecular weight excluding hydrogens is 296 g/mol. The standard InChI is InChI=1S/C13H16N2OS3/c1-17-13-14-10-8-4-2-3-5-9(8)19-11(10)12(15-13)18-7-6-16/h16H,2-7H2,1H3. The molecule has 3 nitrogen and oxygen atoms in total. The molecule has 0 aliphatic heterocycles. The third-order valence-electron chi connectivity index (χ3n) is 3.25. The molecule has 6 heteroatoms. The molecule has 2 aromatic rings. The molecule has 0 fully saturated rings. The summed E-state index contributed by atoms with van der Waals surface area (Å²) < 4.78 is 1.23. The molecule has 0 radical (unpaired) electrons. The van der Waals surface area contributed by atoms with E-state index in [-0.39, 0.29) is 6.61 Å². The second-order valence-corrected chi connectivity index (χ2v) is 7.44. The maximum atomic E-state index is 9.02. The fourth-order valence-corrected chi connectivity index (χ4v) is 5.00. The zero-order chi connectivity index (χ0) is 13.2. The van der Waals surface area contributed by atoms with Gasteiger partial charge in [0.25, 0.3) is 0 Å². The van der Waals surface area contributed by atoms with Crippen molar-refractivity contribution in [2.24, 2.45) is 0 Å². The molecule has 0 amide bonds. The lowest BCUT2D eigenvalue weighted by atomic mass is 9.98. The molecule has 0 saturated carbocycles. The molecule has 19 heavy (non-hydrogen) atoms. The van der Waals surface area contributed by atoms with Gasteiger partial charge in [-0.3, -0.25) is 0 Å². The summed E-state index contributed by atoms with van der Waals surface area (Å²) in [6.45, 7) is 0.190. The predicted molar refractivity (Wildman–Crippen MR) is 83.6 cm³/mol. The maximum Gasteiger partial charge on any atom is 0.188 e. The van der Waals surface area contributed by atoms with Crippen molar-refractivity contribution in [3.8, 4) is 0 Å². The van der Waals surface area contributed by atoms with Crippen LogP contribution in [0.4, 0.5) is 0 Å². The Balaban J connectivity index is 2.14. The van der Waals surface area contributed by atoms with Crippen molar-refractivity contribution in [3.63, 3.8) is 0 Å². The summed E-state index contributed by atoms with van der Waals surface area (Å²) in [4.78, 5) is 10.8. The molecule has 1 aliphatic rings. The maximum absolute atomic E-state index is 9.02. The van der Waals surface area contributed by atoms with Crippen LogP contribution in [0.1, 0.15) is 23.3 Å². The van der Waals surface area contributed by atoms with Gasteiger partial charge in [-0.15, -0.1) is 23.1 Å². The van der Waals surface area contributed by atoms with Crippen LogP contribution in [0.2, 0.25) is 0 Å². The van der Waals surface area contributed by atoms with Crippen LogP contribution < -0.4 is 0 Å². The molecule has 0 atom stereocenters. The minimum absolute atomic E-state index is 0.190. The SMILES string of the molecule is CSc1nc(SCCO)c2sc3c(c2n1)CCCC3. The minimum atomic E-state index is 0.190. The number of aliphatic hydroxyl groups excluding tert-OH is 1. The monoisotopic (exact) mass is 312 g/mol. The molecule has 1 aliphatic carbocycles. The van der Waals surface area contributed by atoms with Crippen molar-refractivity contribution in [2.45, 2.75) is 35.9 Å². The average molecular weight is 312 g/mol. The van der Waals surface area contributed by atoms with Crippen LogP contribution in [0.25, 0.3) is 10.2 Å². The Morgan fingerprint density at radius 1 is 1.26 bits per heavy atom. The molecule has 2 heterocycles. The molecule has 0 aromatic carbocycles.